The molecule has 0 spiro atoms. The first-order chi connectivity index (χ1) is 13.0. The average molecular weight is 406 g/mol. The highest BCUT2D eigenvalue weighted by molar-refractivity contribution is 7.99. The maximum Gasteiger partial charge on any atom is 0.238 e. The van der Waals surface area contributed by atoms with E-state index in [1.54, 1.807) is 23.7 Å². The maximum atomic E-state index is 12.4. The Kier molecular flexibility index (Phi) is 8.64. The molecule has 2 rings (SSSR count). The zero-order chi connectivity index (χ0) is 19.6. The topological polar surface area (TPSA) is 61.4 Å². The number of hydrogen-bond acceptors (Lipinski definition) is 4. The number of carbonyl (C=O) groups is 2. The quantitative estimate of drug-likeness (QED) is 0.664. The van der Waals surface area contributed by atoms with Crippen LogP contribution in [0.1, 0.15) is 13.3 Å². The van der Waals surface area contributed by atoms with Crippen LogP contribution in [0.15, 0.2) is 58.3 Å². The van der Waals surface area contributed by atoms with Gasteiger partial charge in [0.1, 0.15) is 0 Å². The fourth-order valence-corrected chi connectivity index (χ4v) is 3.37. The summed E-state index contributed by atoms with van der Waals surface area (Å²) in [7, 11) is 1.75. The van der Waals surface area contributed by atoms with Crippen LogP contribution in [0, 0.1) is 0 Å². The summed E-state index contributed by atoms with van der Waals surface area (Å²) in [5, 5.41) is 6.42. The largest absolute Gasteiger partial charge is 0.355 e. The van der Waals surface area contributed by atoms with Gasteiger partial charge in [0.05, 0.1) is 18.8 Å². The fourth-order valence-electron chi connectivity index (χ4n) is 2.34. The number of anilines is 1. The first-order valence-electron chi connectivity index (χ1n) is 8.75. The van der Waals surface area contributed by atoms with Gasteiger partial charge in [0.15, 0.2) is 0 Å². The van der Waals surface area contributed by atoms with E-state index in [0.717, 1.165) is 21.9 Å². The van der Waals surface area contributed by atoms with Crippen molar-refractivity contribution in [3.63, 3.8) is 0 Å². The predicted molar refractivity (Wildman–Crippen MR) is 111 cm³/mol. The molecule has 0 saturated heterocycles. The SMILES string of the molecule is CCCNC(=O)CN(C)CC(=O)Nc1ccccc1Sc1ccc(Cl)cc1. The van der Waals surface area contributed by atoms with Gasteiger partial charge < -0.3 is 10.6 Å². The van der Waals surface area contributed by atoms with Gasteiger partial charge in [-0.15, -0.1) is 0 Å². The zero-order valence-corrected chi connectivity index (χ0v) is 17.1. The summed E-state index contributed by atoms with van der Waals surface area (Å²) in [5.41, 5.74) is 0.742. The van der Waals surface area contributed by atoms with Crippen LogP contribution in [0.25, 0.3) is 0 Å². The summed E-state index contributed by atoms with van der Waals surface area (Å²) in [6.45, 7) is 2.97. The highest BCUT2D eigenvalue weighted by Crippen LogP contribution is 2.33. The molecule has 2 N–H and O–H groups in total. The first-order valence-corrected chi connectivity index (χ1v) is 9.95. The summed E-state index contributed by atoms with van der Waals surface area (Å²) in [6, 6.07) is 15.2. The molecule has 0 aliphatic rings. The van der Waals surface area contributed by atoms with Gasteiger partial charge in [0.2, 0.25) is 11.8 Å². The van der Waals surface area contributed by atoms with Gasteiger partial charge in [-0.2, -0.15) is 0 Å². The van der Waals surface area contributed by atoms with Gasteiger partial charge >= 0.3 is 0 Å². The molecule has 2 amide bonds. The van der Waals surface area contributed by atoms with Crippen LogP contribution in [0.3, 0.4) is 0 Å². The van der Waals surface area contributed by atoms with E-state index >= 15 is 0 Å². The van der Waals surface area contributed by atoms with Crippen molar-refractivity contribution in [1.29, 1.82) is 0 Å². The van der Waals surface area contributed by atoms with E-state index in [1.165, 1.54) is 0 Å². The number of nitrogens with zero attached hydrogens (tertiary/aromatic N) is 1. The van der Waals surface area contributed by atoms with Crippen LogP contribution in [0.5, 0.6) is 0 Å². The van der Waals surface area contributed by atoms with E-state index in [-0.39, 0.29) is 24.9 Å². The fraction of sp³-hybridized carbons (Fsp3) is 0.300. The molecular formula is C20H24ClN3O2S. The predicted octanol–water partition coefficient (Wildman–Crippen LogP) is 3.89. The third kappa shape index (κ3) is 7.62. The second-order valence-electron chi connectivity index (χ2n) is 6.12. The number of benzene rings is 2. The molecule has 0 atom stereocenters. The molecule has 0 aliphatic heterocycles. The van der Waals surface area contributed by atoms with Crippen molar-refractivity contribution in [3.8, 4) is 0 Å². The number of amides is 2. The molecule has 0 aromatic heterocycles. The molecule has 0 radical (unpaired) electrons. The van der Waals surface area contributed by atoms with Crippen LogP contribution in [0.4, 0.5) is 5.69 Å². The number of carbonyl (C=O) groups excluding carboxylic acids is 2. The van der Waals surface area contributed by atoms with Gasteiger partial charge in [-0.3, -0.25) is 14.5 Å². The Hall–Kier alpha value is -2.02. The summed E-state index contributed by atoms with van der Waals surface area (Å²) < 4.78 is 0. The smallest absolute Gasteiger partial charge is 0.238 e. The summed E-state index contributed by atoms with van der Waals surface area (Å²) in [4.78, 5) is 27.8. The molecule has 2 aromatic rings. The van der Waals surface area contributed by atoms with Crippen molar-refractivity contribution < 1.29 is 9.59 Å². The molecule has 0 saturated carbocycles. The van der Waals surface area contributed by atoms with E-state index in [4.69, 9.17) is 11.6 Å². The molecule has 5 nitrogen and oxygen atoms in total. The summed E-state index contributed by atoms with van der Waals surface area (Å²) in [5.74, 6) is -0.240. The van der Waals surface area contributed by atoms with Crippen molar-refractivity contribution in [2.75, 3.05) is 32.0 Å². The van der Waals surface area contributed by atoms with Crippen LogP contribution in [0.2, 0.25) is 5.02 Å². The van der Waals surface area contributed by atoms with Crippen LogP contribution < -0.4 is 10.6 Å². The monoisotopic (exact) mass is 405 g/mol. The minimum atomic E-state index is -0.162. The van der Waals surface area contributed by atoms with Crippen molar-refractivity contribution >= 4 is 40.9 Å². The first kappa shape index (κ1) is 21.3. The molecule has 0 fully saturated rings. The van der Waals surface area contributed by atoms with E-state index in [1.807, 2.05) is 55.5 Å². The maximum absolute atomic E-state index is 12.4. The second kappa shape index (κ2) is 11.0. The Balaban J connectivity index is 1.93. The highest BCUT2D eigenvalue weighted by Gasteiger charge is 2.12. The second-order valence-corrected chi connectivity index (χ2v) is 7.67. The van der Waals surface area contributed by atoms with E-state index in [2.05, 4.69) is 10.6 Å². The molecule has 2 aromatic carbocycles. The van der Waals surface area contributed by atoms with Gasteiger partial charge in [-0.1, -0.05) is 42.4 Å². The van der Waals surface area contributed by atoms with Crippen LogP contribution in [-0.4, -0.2) is 43.4 Å². The van der Waals surface area contributed by atoms with Gasteiger partial charge in [0.25, 0.3) is 0 Å². The number of rotatable bonds is 9. The molecule has 0 aliphatic carbocycles. The Morgan fingerprint density at radius 2 is 1.70 bits per heavy atom. The van der Waals surface area contributed by atoms with Crippen molar-refractivity contribution in [3.05, 3.63) is 53.6 Å². The summed E-state index contributed by atoms with van der Waals surface area (Å²) in [6.07, 6.45) is 0.887. The number of likely N-dealkylation sites (N-methyl/N-ethyl adjacent to an activating group) is 1. The zero-order valence-electron chi connectivity index (χ0n) is 15.5. The number of halogens is 1. The highest BCUT2D eigenvalue weighted by atomic mass is 35.5. The number of para-hydroxylation sites is 1. The number of hydrogen-bond donors (Lipinski definition) is 2. The third-order valence-electron chi connectivity index (χ3n) is 3.60. The Labute approximate surface area is 169 Å². The lowest BCUT2D eigenvalue weighted by atomic mass is 10.3. The number of nitrogens with one attached hydrogen (secondary N) is 2. The molecule has 0 bridgehead atoms. The Morgan fingerprint density at radius 1 is 1.04 bits per heavy atom. The lowest BCUT2D eigenvalue weighted by Gasteiger charge is -2.17. The lowest BCUT2D eigenvalue weighted by molar-refractivity contribution is -0.122. The Morgan fingerprint density at radius 3 is 2.41 bits per heavy atom. The molecule has 0 unspecified atom stereocenters. The normalized spacial score (nSPS) is 10.7. The van der Waals surface area contributed by atoms with Gasteiger partial charge in [-0.05, 0) is 49.9 Å². The van der Waals surface area contributed by atoms with E-state index < -0.39 is 0 Å². The average Bonchev–Trinajstić information content (AvgIpc) is 2.63. The van der Waals surface area contributed by atoms with Crippen LogP contribution >= 0.6 is 23.4 Å². The van der Waals surface area contributed by atoms with Crippen molar-refractivity contribution in [2.24, 2.45) is 0 Å². The van der Waals surface area contributed by atoms with Gasteiger partial charge in [-0.25, -0.2) is 0 Å². The molecule has 0 heterocycles. The standard InChI is InChI=1S/C20H24ClN3O2S/c1-3-12-22-19(25)13-24(2)14-20(26)23-17-6-4-5-7-18(17)27-16-10-8-15(21)9-11-16/h4-11H,3,12-14H2,1-2H3,(H,22,25)(H,23,26). The molecule has 27 heavy (non-hydrogen) atoms. The van der Waals surface area contributed by atoms with Crippen molar-refractivity contribution in [1.82, 2.24) is 10.2 Å². The lowest BCUT2D eigenvalue weighted by Crippen LogP contribution is -2.39. The van der Waals surface area contributed by atoms with Crippen molar-refractivity contribution in [2.45, 2.75) is 23.1 Å². The van der Waals surface area contributed by atoms with Gasteiger partial charge in [0, 0.05) is 21.4 Å². The minimum Gasteiger partial charge on any atom is -0.355 e. The van der Waals surface area contributed by atoms with E-state index in [0.29, 0.717) is 11.6 Å². The van der Waals surface area contributed by atoms with E-state index in [9.17, 15) is 9.59 Å². The Bertz CT molecular complexity index is 768. The molecule has 7 heteroatoms. The minimum absolute atomic E-state index is 0.0779. The molecular weight excluding hydrogens is 382 g/mol. The third-order valence-corrected chi connectivity index (χ3v) is 4.94. The summed E-state index contributed by atoms with van der Waals surface area (Å²) >= 11 is 7.48. The molecule has 144 valence electrons. The van der Waals surface area contributed by atoms with Crippen LogP contribution in [-0.2, 0) is 9.59 Å².